The summed E-state index contributed by atoms with van der Waals surface area (Å²) in [6.45, 7) is 16.4. The summed E-state index contributed by atoms with van der Waals surface area (Å²) >= 11 is 0. The molecule has 7 aromatic carbocycles. The number of hydrogen-bond donors (Lipinski definition) is 1. The number of hydrogen-bond acceptors (Lipinski definition) is 22. The molecule has 1 atom stereocenters. The van der Waals surface area contributed by atoms with Crippen LogP contribution >= 0.6 is 0 Å². The third-order valence-corrected chi connectivity index (χ3v) is 16.2. The first-order chi connectivity index (χ1) is 51.2. The Bertz CT molecular complexity index is 4390. The van der Waals surface area contributed by atoms with Crippen LogP contribution < -0.4 is 14.8 Å². The average molecular weight is 1420 g/mol. The van der Waals surface area contributed by atoms with E-state index in [2.05, 4.69) is 56.8 Å². The number of carbonyl (C=O) groups excluding carboxylic acids is 2. The Labute approximate surface area is 608 Å². The molecule has 11 rings (SSSR count). The lowest BCUT2D eigenvalue weighted by molar-refractivity contribution is -0.137. The maximum absolute atomic E-state index is 15.0. The van der Waals surface area contributed by atoms with Crippen molar-refractivity contribution in [1.82, 2.24) is 70.2 Å². The Morgan fingerprint density at radius 1 is 0.400 bits per heavy atom. The summed E-state index contributed by atoms with van der Waals surface area (Å²) in [7, 11) is 3.25. The first kappa shape index (κ1) is 74.8. The van der Waals surface area contributed by atoms with Crippen LogP contribution in [0.1, 0.15) is 58.3 Å². The van der Waals surface area contributed by atoms with Gasteiger partial charge in [0.05, 0.1) is 136 Å². The second-order valence-electron chi connectivity index (χ2n) is 25.3. The van der Waals surface area contributed by atoms with Gasteiger partial charge < -0.3 is 48.1 Å². The average Bonchev–Trinajstić information content (AvgIpc) is 1.68. The largest absolute Gasteiger partial charge is 0.491 e. The van der Waals surface area contributed by atoms with E-state index in [0.717, 1.165) is 22.5 Å². The molecule has 0 saturated carbocycles. The molecule has 0 saturated heterocycles. The molecule has 0 radical (unpaired) electrons. The number of rotatable bonds is 39. The van der Waals surface area contributed by atoms with Crippen LogP contribution in [0.15, 0.2) is 209 Å². The van der Waals surface area contributed by atoms with Gasteiger partial charge in [-0.3, -0.25) is 9.59 Å². The van der Waals surface area contributed by atoms with E-state index in [1.54, 1.807) is 62.4 Å². The Kier molecular flexibility index (Phi) is 26.8. The smallest absolute Gasteiger partial charge is 0.251 e. The quantitative estimate of drug-likeness (QED) is 0.0276. The van der Waals surface area contributed by atoms with Gasteiger partial charge in [0.25, 0.3) is 5.91 Å². The molecule has 1 N–H and O–H groups in total. The number of ether oxygens (including phenoxy) is 8. The van der Waals surface area contributed by atoms with Gasteiger partial charge in [0.2, 0.25) is 5.91 Å². The van der Waals surface area contributed by atoms with Gasteiger partial charge in [0.15, 0.2) is 0 Å². The van der Waals surface area contributed by atoms with Crippen LogP contribution in [0.2, 0.25) is 0 Å². The van der Waals surface area contributed by atoms with Crippen LogP contribution in [0.4, 0.5) is 22.7 Å². The minimum absolute atomic E-state index is 0.0647. The number of aromatic nitrogens is 12. The Hall–Kier alpha value is -11.4. The lowest BCUT2D eigenvalue weighted by atomic mass is 9.99. The molecule has 0 aliphatic heterocycles. The number of amides is 2. The molecule has 11 aromatic rings. The highest BCUT2D eigenvalue weighted by atomic mass is 16.6. The molecule has 0 aliphatic carbocycles. The van der Waals surface area contributed by atoms with Gasteiger partial charge in [-0.2, -0.15) is 20.5 Å². The molecule has 28 nitrogen and oxygen atoms in total. The normalized spacial score (nSPS) is 12.0. The third kappa shape index (κ3) is 21.4. The van der Waals surface area contributed by atoms with Crippen molar-refractivity contribution in [3.8, 4) is 79.3 Å². The number of nitrogens with one attached hydrogen (secondary N) is 1. The van der Waals surface area contributed by atoms with Crippen LogP contribution in [0.3, 0.4) is 0 Å². The first-order valence-corrected chi connectivity index (χ1v) is 34.7. The highest BCUT2D eigenvalue weighted by Crippen LogP contribution is 2.33. The minimum atomic E-state index is -0.841. The van der Waals surface area contributed by atoms with Crippen LogP contribution in [0, 0.1) is 5.92 Å². The summed E-state index contributed by atoms with van der Waals surface area (Å²) in [6, 6.07) is 49.5. The predicted molar refractivity (Wildman–Crippen MR) is 395 cm³/mol. The maximum Gasteiger partial charge on any atom is 0.251 e. The van der Waals surface area contributed by atoms with Gasteiger partial charge in [0.1, 0.15) is 53.5 Å². The standard InChI is InChI=1S/C77H86N18O10/c1-53(2)37-71(77(97)95(54(3)4)55(5)6)78-76(96)60-39-58(74-51-93(89-85-74)67-43-65(45-69(47-67)104-35-33-102-31-29-100-27-25-98-7)91-49-72(83-87-91)56-17-15-23-63(41-56)81-79-61-19-11-9-12-20-61)38-59(40-60)75-52-94(90-86-75)68-44-66(46-70(48-68)105-36-34-103-32-30-101-28-26-99-8)92-50-73(84-88-92)57-18-16-24-64(42-57)82-80-62-21-13-10-14-22-62/h9-24,38-55,71H,25-37H2,1-8H3,(H,78,96)/t71-/m0/s1. The molecule has 0 aliphatic rings. The van der Waals surface area contributed by atoms with E-state index in [-0.39, 0.29) is 55.9 Å². The van der Waals surface area contributed by atoms with Crippen molar-refractivity contribution in [1.29, 1.82) is 0 Å². The third-order valence-electron chi connectivity index (χ3n) is 16.2. The molecular formula is C77H86N18O10. The fourth-order valence-corrected chi connectivity index (χ4v) is 11.2. The van der Waals surface area contributed by atoms with Gasteiger partial charge in [-0.05, 0) is 119 Å². The lowest BCUT2D eigenvalue weighted by Crippen LogP contribution is -2.53. The predicted octanol–water partition coefficient (Wildman–Crippen LogP) is 13.4. The monoisotopic (exact) mass is 1420 g/mol. The van der Waals surface area contributed by atoms with E-state index in [1.807, 2.05) is 206 Å². The van der Waals surface area contributed by atoms with E-state index >= 15 is 4.79 Å². The SMILES string of the molecule is COCCOCCOCCOc1cc(-n2cc(-c3cccc(N=Nc4ccccc4)c3)nn2)cc(-n2cc(-c3cc(C(=O)N[C@@H](CC(C)C)C(=O)N(C(C)C)C(C)C)cc(-c4cn(-c5cc(OCCOCCOCCOC)cc(-n6cc(-c7cccc(N=Nc8ccccc8)c7)nn6)c5)nn4)c3)nn2)c1. The summed E-state index contributed by atoms with van der Waals surface area (Å²) in [5.74, 6) is 0.363. The second kappa shape index (κ2) is 37.7. The van der Waals surface area contributed by atoms with Gasteiger partial charge in [-0.1, -0.05) is 95.4 Å². The second-order valence-corrected chi connectivity index (χ2v) is 25.3. The van der Waals surface area contributed by atoms with Crippen LogP contribution in [0.5, 0.6) is 11.5 Å². The molecular weight excluding hydrogens is 1340 g/mol. The van der Waals surface area contributed by atoms with E-state index in [9.17, 15) is 4.79 Å². The summed E-state index contributed by atoms with van der Waals surface area (Å²) in [5.41, 5.74) is 9.81. The Morgan fingerprint density at radius 2 is 0.752 bits per heavy atom. The Morgan fingerprint density at radius 3 is 1.12 bits per heavy atom. The van der Waals surface area contributed by atoms with E-state index in [1.165, 1.54) is 0 Å². The van der Waals surface area contributed by atoms with Crippen molar-refractivity contribution in [3.63, 3.8) is 0 Å². The van der Waals surface area contributed by atoms with Crippen molar-refractivity contribution in [2.75, 3.05) is 93.5 Å². The first-order valence-electron chi connectivity index (χ1n) is 34.7. The van der Waals surface area contributed by atoms with Crippen molar-refractivity contribution < 1.29 is 47.5 Å². The lowest BCUT2D eigenvalue weighted by Gasteiger charge is -2.34. The number of nitrogens with zero attached hydrogens (tertiary/aromatic N) is 17. The van der Waals surface area contributed by atoms with E-state index in [4.69, 9.17) is 48.1 Å². The van der Waals surface area contributed by atoms with Crippen molar-refractivity contribution in [2.45, 2.75) is 66.1 Å². The van der Waals surface area contributed by atoms with Gasteiger partial charge >= 0.3 is 0 Å². The molecule has 4 aromatic heterocycles. The van der Waals surface area contributed by atoms with Crippen molar-refractivity contribution in [3.05, 3.63) is 194 Å². The number of methoxy groups -OCH3 is 2. The number of benzene rings is 7. The van der Waals surface area contributed by atoms with E-state index < -0.39 is 11.9 Å². The zero-order chi connectivity index (χ0) is 73.3. The molecule has 2 amide bonds. The summed E-state index contributed by atoms with van der Waals surface area (Å²) in [4.78, 5) is 31.4. The van der Waals surface area contributed by atoms with Gasteiger partial charge in [-0.25, -0.2) is 18.7 Å². The van der Waals surface area contributed by atoms with E-state index in [0.29, 0.717) is 139 Å². The summed E-state index contributed by atoms with van der Waals surface area (Å²) < 4.78 is 52.2. The zero-order valence-electron chi connectivity index (χ0n) is 60.1. The Balaban J connectivity index is 0.930. The molecule has 105 heavy (non-hydrogen) atoms. The molecule has 4 heterocycles. The summed E-state index contributed by atoms with van der Waals surface area (Å²) in [5, 5.41) is 57.9. The van der Waals surface area contributed by atoms with Gasteiger partial charge in [0, 0.05) is 78.4 Å². The molecule has 0 bridgehead atoms. The molecule has 0 fully saturated rings. The zero-order valence-corrected chi connectivity index (χ0v) is 60.1. The molecule has 544 valence electrons. The van der Waals surface area contributed by atoms with Crippen LogP contribution in [-0.2, 0) is 33.2 Å². The topological polar surface area (TPSA) is 296 Å². The van der Waals surface area contributed by atoms with Gasteiger partial charge in [-0.15, -0.1) is 20.4 Å². The molecule has 0 spiro atoms. The fourth-order valence-electron chi connectivity index (χ4n) is 11.2. The minimum Gasteiger partial charge on any atom is -0.491 e. The van der Waals surface area contributed by atoms with Crippen LogP contribution in [0.25, 0.3) is 67.8 Å². The number of azo groups is 2. The fraction of sp³-hybridized carbons (Fsp3) is 0.325. The highest BCUT2D eigenvalue weighted by Gasteiger charge is 2.31. The number of carbonyl (C=O) groups is 2. The molecule has 0 unspecified atom stereocenters. The molecule has 28 heteroatoms. The highest BCUT2D eigenvalue weighted by molar-refractivity contribution is 5.99. The summed E-state index contributed by atoms with van der Waals surface area (Å²) in [6.07, 6.45) is 7.53. The van der Waals surface area contributed by atoms with Crippen LogP contribution in [-0.4, -0.2) is 188 Å². The van der Waals surface area contributed by atoms with Crippen molar-refractivity contribution >= 4 is 34.6 Å². The maximum atomic E-state index is 15.0. The van der Waals surface area contributed by atoms with Crippen molar-refractivity contribution in [2.24, 2.45) is 26.4 Å².